The molecule has 2 aromatic heterocycles. The topological polar surface area (TPSA) is 25.8 Å². The number of rotatable bonds is 10. The summed E-state index contributed by atoms with van der Waals surface area (Å²) in [5.41, 5.74) is 15.2. The molecule has 2 nitrogen and oxygen atoms in total. The van der Waals surface area contributed by atoms with Crippen LogP contribution in [0.3, 0.4) is 0 Å². The average molecular weight is 740 g/mol. The monoisotopic (exact) mass is 738 g/mol. The van der Waals surface area contributed by atoms with Crippen molar-refractivity contribution in [2.45, 2.75) is 64.2 Å². The van der Waals surface area contributed by atoms with Crippen LogP contribution < -0.4 is 0 Å². The minimum absolute atomic E-state index is 0. The summed E-state index contributed by atoms with van der Waals surface area (Å²) in [4.78, 5) is 9.04. The second-order valence-corrected chi connectivity index (χ2v) is 13.2. The summed E-state index contributed by atoms with van der Waals surface area (Å²) in [5.74, 6) is 0.278. The first-order valence-electron chi connectivity index (χ1n) is 18.2. The van der Waals surface area contributed by atoms with E-state index in [1.807, 2.05) is 36.7 Å². The normalized spacial score (nSPS) is 15.0. The fraction of sp³-hybridized carbons (Fsp3) is 0.208. The molecule has 2 unspecified atom stereocenters. The van der Waals surface area contributed by atoms with Crippen molar-refractivity contribution < 1.29 is 26.2 Å². The summed E-state index contributed by atoms with van der Waals surface area (Å²) in [5, 5.41) is 0. The molecule has 0 aliphatic heterocycles. The molecule has 0 saturated heterocycles. The number of nitrogens with zero attached hydrogens (tertiary/aromatic N) is 2. The SMILES string of the molecule is CCCCc1ccc(-c2cccc3c2C=[C-]C3c2ccccn2)cc1.CCCCc1ccc(-c2cccc3c2C=[C-]C3c2ccccn2)cc1.[Zr+2]. The second kappa shape index (κ2) is 17.7. The van der Waals surface area contributed by atoms with Crippen LogP contribution in [0.15, 0.2) is 134 Å². The van der Waals surface area contributed by atoms with Gasteiger partial charge in [-0.25, -0.2) is 12.2 Å². The molecular formula is C48H44N2Zr. The fourth-order valence-corrected chi connectivity index (χ4v) is 7.05. The van der Waals surface area contributed by atoms with Gasteiger partial charge in [0.25, 0.3) is 0 Å². The maximum atomic E-state index is 4.52. The second-order valence-electron chi connectivity index (χ2n) is 13.2. The van der Waals surface area contributed by atoms with E-state index in [0.29, 0.717) is 0 Å². The Hall–Kier alpha value is -4.46. The number of aromatic nitrogens is 2. The van der Waals surface area contributed by atoms with Gasteiger partial charge in [0.05, 0.1) is 0 Å². The van der Waals surface area contributed by atoms with Crippen LogP contribution >= 0.6 is 0 Å². The molecule has 51 heavy (non-hydrogen) atoms. The molecule has 2 aliphatic carbocycles. The summed E-state index contributed by atoms with van der Waals surface area (Å²) in [6.45, 7) is 4.48. The van der Waals surface area contributed by atoms with Gasteiger partial charge < -0.3 is 0 Å². The van der Waals surface area contributed by atoms with E-state index in [1.165, 1.54) is 94.2 Å². The van der Waals surface area contributed by atoms with Gasteiger partial charge in [0.15, 0.2) is 0 Å². The number of hydrogen-bond donors (Lipinski definition) is 0. The Kier molecular flexibility index (Phi) is 12.6. The molecular weight excluding hydrogens is 696 g/mol. The predicted octanol–water partition coefficient (Wildman–Crippen LogP) is 12.1. The fourth-order valence-electron chi connectivity index (χ4n) is 7.05. The van der Waals surface area contributed by atoms with Gasteiger partial charge in [0.2, 0.25) is 0 Å². The molecule has 2 heterocycles. The Labute approximate surface area is 323 Å². The van der Waals surface area contributed by atoms with E-state index in [2.05, 4.69) is 145 Å². The third kappa shape index (κ3) is 8.37. The van der Waals surface area contributed by atoms with E-state index in [-0.39, 0.29) is 38.0 Å². The average Bonchev–Trinajstić information content (AvgIpc) is 3.83. The molecule has 0 N–H and O–H groups in total. The van der Waals surface area contributed by atoms with Crippen LogP contribution in [-0.2, 0) is 39.0 Å². The number of aryl methyl sites for hydroxylation is 2. The summed E-state index contributed by atoms with van der Waals surface area (Å²) in [6.07, 6.45) is 22.3. The van der Waals surface area contributed by atoms with Crippen molar-refractivity contribution in [2.24, 2.45) is 0 Å². The standard InChI is InChI=1S/2C24H22N.Zr/c2*1-2-3-7-18-11-13-19(14-12-18)20-8-6-9-21-22(20)15-16-23(21)24-10-4-5-17-25-24;/h2*4-6,8-15,17,23H,2-3,7H2,1H3;/q2*-1;+2. The summed E-state index contributed by atoms with van der Waals surface area (Å²) in [6, 6.07) is 43.3. The molecule has 250 valence electrons. The molecule has 0 fully saturated rings. The van der Waals surface area contributed by atoms with Gasteiger partial charge in [-0.1, -0.05) is 135 Å². The molecule has 6 aromatic rings. The van der Waals surface area contributed by atoms with Crippen molar-refractivity contribution in [3.8, 4) is 22.3 Å². The first kappa shape index (κ1) is 36.3. The molecule has 2 atom stereocenters. The van der Waals surface area contributed by atoms with Gasteiger partial charge in [-0.05, 0) is 84.0 Å². The number of fused-ring (bicyclic) bond motifs is 2. The van der Waals surface area contributed by atoms with E-state index < -0.39 is 0 Å². The van der Waals surface area contributed by atoms with Crippen LogP contribution in [0, 0.1) is 12.2 Å². The van der Waals surface area contributed by atoms with Crippen LogP contribution in [0.25, 0.3) is 34.4 Å². The number of pyridine rings is 2. The number of allylic oxidation sites excluding steroid dienone is 2. The zero-order valence-corrected chi connectivity index (χ0v) is 32.1. The van der Waals surface area contributed by atoms with Crippen molar-refractivity contribution in [1.82, 2.24) is 9.97 Å². The zero-order chi connectivity index (χ0) is 34.1. The molecule has 4 aromatic carbocycles. The maximum Gasteiger partial charge on any atom is 2.00 e. The third-order valence-corrected chi connectivity index (χ3v) is 9.83. The maximum absolute atomic E-state index is 4.52. The van der Waals surface area contributed by atoms with Gasteiger partial charge in [-0.3, -0.25) is 22.1 Å². The van der Waals surface area contributed by atoms with E-state index >= 15 is 0 Å². The Bertz CT molecular complexity index is 1910. The van der Waals surface area contributed by atoms with Crippen LogP contribution in [-0.4, -0.2) is 9.97 Å². The Balaban J connectivity index is 0.000000172. The van der Waals surface area contributed by atoms with Crippen molar-refractivity contribution in [1.29, 1.82) is 0 Å². The molecule has 0 bridgehead atoms. The molecule has 2 aliphatic rings. The first-order chi connectivity index (χ1) is 24.7. The molecule has 0 radical (unpaired) electrons. The number of unbranched alkanes of at least 4 members (excludes halogenated alkanes) is 2. The van der Waals surface area contributed by atoms with E-state index in [1.54, 1.807) is 0 Å². The van der Waals surface area contributed by atoms with Crippen LogP contribution in [0.4, 0.5) is 0 Å². The molecule has 3 heteroatoms. The predicted molar refractivity (Wildman–Crippen MR) is 209 cm³/mol. The van der Waals surface area contributed by atoms with Gasteiger partial charge in [0.1, 0.15) is 0 Å². The van der Waals surface area contributed by atoms with Crippen LogP contribution in [0.1, 0.15) is 96.1 Å². The molecule has 0 saturated carbocycles. The summed E-state index contributed by atoms with van der Waals surface area (Å²) < 4.78 is 0. The van der Waals surface area contributed by atoms with E-state index in [9.17, 15) is 0 Å². The van der Waals surface area contributed by atoms with Crippen LogP contribution in [0.5, 0.6) is 0 Å². The van der Waals surface area contributed by atoms with Gasteiger partial charge in [-0.2, -0.15) is 11.1 Å². The first-order valence-corrected chi connectivity index (χ1v) is 18.2. The quantitative estimate of drug-likeness (QED) is 0.131. The van der Waals surface area contributed by atoms with Crippen molar-refractivity contribution in [3.63, 3.8) is 0 Å². The van der Waals surface area contributed by atoms with Gasteiger partial charge >= 0.3 is 26.2 Å². The molecule has 0 spiro atoms. The molecule has 8 rings (SSSR count). The Morgan fingerprint density at radius 3 is 1.29 bits per heavy atom. The molecule has 0 amide bonds. The van der Waals surface area contributed by atoms with E-state index in [4.69, 9.17) is 0 Å². The smallest absolute Gasteiger partial charge is 0.262 e. The largest absolute Gasteiger partial charge is 2.00 e. The number of benzene rings is 4. The van der Waals surface area contributed by atoms with Crippen molar-refractivity contribution in [2.75, 3.05) is 0 Å². The minimum Gasteiger partial charge on any atom is -0.262 e. The third-order valence-electron chi connectivity index (χ3n) is 9.83. The van der Waals surface area contributed by atoms with Gasteiger partial charge in [0, 0.05) is 23.8 Å². The zero-order valence-electron chi connectivity index (χ0n) is 29.6. The van der Waals surface area contributed by atoms with Crippen molar-refractivity contribution in [3.05, 3.63) is 191 Å². The summed E-state index contributed by atoms with van der Waals surface area (Å²) in [7, 11) is 0. The summed E-state index contributed by atoms with van der Waals surface area (Å²) >= 11 is 0. The van der Waals surface area contributed by atoms with Gasteiger partial charge in [-0.15, -0.1) is 11.1 Å². The Morgan fingerprint density at radius 2 is 0.922 bits per heavy atom. The van der Waals surface area contributed by atoms with Crippen molar-refractivity contribution >= 4 is 12.2 Å². The van der Waals surface area contributed by atoms with Crippen LogP contribution in [0.2, 0.25) is 0 Å². The van der Waals surface area contributed by atoms with E-state index in [0.717, 1.165) is 11.4 Å². The number of hydrogen-bond acceptors (Lipinski definition) is 2. The minimum atomic E-state index is 0. The Morgan fingerprint density at radius 1 is 0.490 bits per heavy atom.